The Hall–Kier alpha value is -0.820. The second-order valence-electron chi connectivity index (χ2n) is 5.60. The van der Waals surface area contributed by atoms with Gasteiger partial charge in [-0.3, -0.25) is 9.05 Å². The normalized spacial score (nSPS) is 13.8. The van der Waals surface area contributed by atoms with Gasteiger partial charge in [0.1, 0.15) is 0 Å². The largest absolute Gasteiger partial charge is 0.454 e. The lowest BCUT2D eigenvalue weighted by Crippen LogP contribution is -2.31. The van der Waals surface area contributed by atoms with E-state index in [0.29, 0.717) is 0 Å². The van der Waals surface area contributed by atoms with E-state index >= 15 is 0 Å². The molecule has 0 saturated heterocycles. The summed E-state index contributed by atoms with van der Waals surface area (Å²) in [6.07, 6.45) is -1.06. The molecule has 1 rings (SSSR count). The highest BCUT2D eigenvalue weighted by molar-refractivity contribution is 8.49. The Balaban J connectivity index is 3.50. The highest BCUT2D eigenvalue weighted by atomic mass is 32.8. The molecule has 0 aliphatic heterocycles. The fourth-order valence-corrected chi connectivity index (χ4v) is 6.84. The van der Waals surface area contributed by atoms with E-state index < -0.39 is 28.0 Å². The SMILES string of the molecule is CCC(F)(CC)OP(=O)(OC(F)(CC)CC)S(=O)(=O)c1ccccc1. The zero-order valence-corrected chi connectivity index (χ0v) is 16.6. The van der Waals surface area contributed by atoms with Gasteiger partial charge in [-0.2, -0.15) is 0 Å². The standard InChI is InChI=1S/C16H25F2O5PS/c1-5-15(17,6-2)22-24(19,23-16(18,7-3)8-4)25(20,21)14-12-10-9-11-13-14/h9-13H,5-8H2,1-4H3. The minimum absolute atomic E-state index is 0.265. The van der Waals surface area contributed by atoms with E-state index in [1.807, 2.05) is 0 Å². The molecule has 0 bridgehead atoms. The molecular weight excluding hydrogens is 373 g/mol. The van der Waals surface area contributed by atoms with Gasteiger partial charge in [-0.05, 0) is 12.1 Å². The molecule has 0 saturated carbocycles. The van der Waals surface area contributed by atoms with Gasteiger partial charge >= 0.3 is 6.80 Å². The number of benzene rings is 1. The van der Waals surface area contributed by atoms with Gasteiger partial charge in [0.05, 0.1) is 4.90 Å². The van der Waals surface area contributed by atoms with Gasteiger partial charge in [-0.15, -0.1) is 0 Å². The van der Waals surface area contributed by atoms with E-state index in [1.54, 1.807) is 6.07 Å². The Labute approximate surface area is 147 Å². The Kier molecular flexibility index (Phi) is 7.33. The van der Waals surface area contributed by atoms with Crippen LogP contribution in [0.5, 0.6) is 0 Å². The van der Waals surface area contributed by atoms with Crippen molar-refractivity contribution in [2.45, 2.75) is 70.0 Å². The van der Waals surface area contributed by atoms with E-state index in [4.69, 9.17) is 9.05 Å². The third-order valence-electron chi connectivity index (χ3n) is 4.00. The Morgan fingerprint density at radius 3 is 1.56 bits per heavy atom. The molecule has 0 spiro atoms. The first-order valence-electron chi connectivity index (χ1n) is 8.21. The quantitative estimate of drug-likeness (QED) is 0.482. The number of hydrogen-bond acceptors (Lipinski definition) is 5. The molecule has 0 aromatic heterocycles. The summed E-state index contributed by atoms with van der Waals surface area (Å²) in [4.78, 5) is -0.387. The average molecular weight is 398 g/mol. The third kappa shape index (κ3) is 4.88. The van der Waals surface area contributed by atoms with E-state index in [0.717, 1.165) is 0 Å². The van der Waals surface area contributed by atoms with Crippen LogP contribution < -0.4 is 0 Å². The van der Waals surface area contributed by atoms with Gasteiger partial charge in [-0.25, -0.2) is 21.8 Å². The zero-order valence-electron chi connectivity index (χ0n) is 14.9. The third-order valence-corrected chi connectivity index (χ3v) is 9.40. The Morgan fingerprint density at radius 2 is 1.24 bits per heavy atom. The van der Waals surface area contributed by atoms with Crippen LogP contribution in [0.1, 0.15) is 53.4 Å². The van der Waals surface area contributed by atoms with Crippen molar-refractivity contribution in [2.24, 2.45) is 0 Å². The van der Waals surface area contributed by atoms with Gasteiger partial charge in [0, 0.05) is 25.7 Å². The smallest absolute Gasteiger partial charge is 0.259 e. The van der Waals surface area contributed by atoms with Crippen LogP contribution in [0.4, 0.5) is 8.78 Å². The van der Waals surface area contributed by atoms with Crippen molar-refractivity contribution in [1.29, 1.82) is 0 Å². The summed E-state index contributed by atoms with van der Waals surface area (Å²) in [6.45, 7) is 0.401. The molecule has 0 fully saturated rings. The first kappa shape index (κ1) is 22.2. The molecule has 0 N–H and O–H groups in total. The minimum Gasteiger partial charge on any atom is -0.259 e. The van der Waals surface area contributed by atoms with Crippen molar-refractivity contribution in [3.63, 3.8) is 0 Å². The maximum atomic E-state index is 14.7. The van der Waals surface area contributed by atoms with Crippen molar-refractivity contribution in [1.82, 2.24) is 0 Å². The lowest BCUT2D eigenvalue weighted by atomic mass is 10.2. The van der Waals surface area contributed by atoms with Crippen LogP contribution in [0.25, 0.3) is 0 Å². The van der Waals surface area contributed by atoms with Crippen molar-refractivity contribution in [3.05, 3.63) is 30.3 Å². The highest BCUT2D eigenvalue weighted by Crippen LogP contribution is 2.64. The number of halogens is 2. The Bertz CT molecular complexity index is 676. The molecule has 0 aliphatic carbocycles. The molecule has 144 valence electrons. The maximum Gasteiger partial charge on any atom is 0.454 e. The first-order valence-corrected chi connectivity index (χ1v) is 11.8. The summed E-state index contributed by atoms with van der Waals surface area (Å²) < 4.78 is 78.0. The van der Waals surface area contributed by atoms with Crippen LogP contribution in [-0.2, 0) is 23.1 Å². The van der Waals surface area contributed by atoms with E-state index in [2.05, 4.69) is 0 Å². The predicted octanol–water partition coefficient (Wildman–Crippen LogP) is 5.57. The monoisotopic (exact) mass is 398 g/mol. The molecular formula is C16H25F2O5PS. The fourth-order valence-electron chi connectivity index (χ4n) is 2.00. The fraction of sp³-hybridized carbons (Fsp3) is 0.625. The van der Waals surface area contributed by atoms with Gasteiger partial charge < -0.3 is 0 Å². The summed E-state index contributed by atoms with van der Waals surface area (Å²) in [5, 5.41) is 0. The molecule has 0 unspecified atom stereocenters. The molecule has 1 aromatic rings. The Morgan fingerprint density at radius 1 is 0.880 bits per heavy atom. The molecule has 0 heterocycles. The molecule has 0 aliphatic rings. The van der Waals surface area contributed by atoms with Gasteiger partial charge in [0.15, 0.2) is 0 Å². The number of hydrogen-bond donors (Lipinski definition) is 0. The molecule has 0 amide bonds. The molecule has 25 heavy (non-hydrogen) atoms. The van der Waals surface area contributed by atoms with Gasteiger partial charge in [-0.1, -0.05) is 45.9 Å². The second-order valence-corrected chi connectivity index (χ2v) is 11.1. The lowest BCUT2D eigenvalue weighted by Gasteiger charge is -2.32. The lowest BCUT2D eigenvalue weighted by molar-refractivity contribution is -0.114. The molecule has 1 aromatic carbocycles. The van der Waals surface area contributed by atoms with Gasteiger partial charge in [0.2, 0.25) is 11.7 Å². The predicted molar refractivity (Wildman–Crippen MR) is 92.2 cm³/mol. The van der Waals surface area contributed by atoms with Crippen LogP contribution in [0.3, 0.4) is 0 Å². The summed E-state index contributed by atoms with van der Waals surface area (Å²) in [5.41, 5.74) is 0. The molecule has 0 atom stereocenters. The van der Waals surface area contributed by atoms with Crippen LogP contribution >= 0.6 is 6.80 Å². The van der Waals surface area contributed by atoms with Crippen molar-refractivity contribution >= 4 is 16.3 Å². The van der Waals surface area contributed by atoms with Crippen molar-refractivity contribution < 1.29 is 30.8 Å². The van der Waals surface area contributed by atoms with Crippen LogP contribution in [0.2, 0.25) is 0 Å². The van der Waals surface area contributed by atoms with Crippen LogP contribution in [-0.4, -0.2) is 20.1 Å². The highest BCUT2D eigenvalue weighted by Gasteiger charge is 2.53. The molecule has 9 heteroatoms. The summed E-state index contributed by atoms with van der Waals surface area (Å²) >= 11 is 0. The van der Waals surface area contributed by atoms with E-state index in [9.17, 15) is 21.8 Å². The summed E-state index contributed by atoms with van der Waals surface area (Å²) in [6, 6.07) is 6.71. The molecule has 5 nitrogen and oxygen atoms in total. The summed E-state index contributed by atoms with van der Waals surface area (Å²) in [7, 11) is -4.78. The average Bonchev–Trinajstić information content (AvgIpc) is 2.61. The number of alkyl halides is 2. The second kappa shape index (κ2) is 8.25. The zero-order chi connectivity index (χ0) is 19.4. The van der Waals surface area contributed by atoms with Crippen LogP contribution in [0, 0.1) is 0 Å². The summed E-state index contributed by atoms with van der Waals surface area (Å²) in [5.74, 6) is -5.03. The topological polar surface area (TPSA) is 69.7 Å². The molecule has 0 radical (unpaired) electrons. The number of rotatable bonds is 10. The minimum atomic E-state index is -5.23. The van der Waals surface area contributed by atoms with Crippen molar-refractivity contribution in [3.8, 4) is 0 Å². The van der Waals surface area contributed by atoms with Crippen molar-refractivity contribution in [2.75, 3.05) is 0 Å². The van der Waals surface area contributed by atoms with Gasteiger partial charge in [0.25, 0.3) is 9.46 Å². The van der Waals surface area contributed by atoms with E-state index in [-0.39, 0.29) is 30.6 Å². The van der Waals surface area contributed by atoms with Crippen LogP contribution in [0.15, 0.2) is 35.2 Å². The first-order chi connectivity index (χ1) is 11.5. The maximum absolute atomic E-state index is 14.7. The van der Waals surface area contributed by atoms with E-state index in [1.165, 1.54) is 52.0 Å².